The summed E-state index contributed by atoms with van der Waals surface area (Å²) < 4.78 is 11.0. The van der Waals surface area contributed by atoms with E-state index in [-0.39, 0.29) is 0 Å². The van der Waals surface area contributed by atoms with E-state index in [1.807, 2.05) is 12.1 Å². The summed E-state index contributed by atoms with van der Waals surface area (Å²) in [5.74, 6) is 1.40. The highest BCUT2D eigenvalue weighted by Crippen LogP contribution is 2.25. The highest BCUT2D eigenvalue weighted by molar-refractivity contribution is 5.11. The van der Waals surface area contributed by atoms with Gasteiger partial charge in [-0.3, -0.25) is 0 Å². The lowest BCUT2D eigenvalue weighted by molar-refractivity contribution is 0.159. The van der Waals surface area contributed by atoms with Crippen LogP contribution in [0.1, 0.15) is 31.4 Å². The van der Waals surface area contributed by atoms with Crippen molar-refractivity contribution in [2.75, 3.05) is 0 Å². The van der Waals surface area contributed by atoms with Crippen LogP contribution in [0.4, 0.5) is 0 Å². The van der Waals surface area contributed by atoms with E-state index in [1.54, 1.807) is 0 Å². The second-order valence-corrected chi connectivity index (χ2v) is 3.45. The van der Waals surface area contributed by atoms with Crippen molar-refractivity contribution in [3.63, 3.8) is 0 Å². The highest BCUT2D eigenvalue weighted by atomic mass is 16.6. The molecule has 0 saturated heterocycles. The molecule has 0 atom stereocenters. The van der Waals surface area contributed by atoms with Gasteiger partial charge in [-0.2, -0.15) is 0 Å². The molecular weight excluding hydrogens is 166 g/mol. The Labute approximate surface area is 77.9 Å². The Morgan fingerprint density at radius 2 is 2.15 bits per heavy atom. The normalized spacial score (nSPS) is 17.9. The van der Waals surface area contributed by atoms with E-state index in [0.29, 0.717) is 18.6 Å². The number of hydrogen-bond acceptors (Lipinski definition) is 3. The van der Waals surface area contributed by atoms with Crippen molar-refractivity contribution in [1.29, 1.82) is 0 Å². The summed E-state index contributed by atoms with van der Waals surface area (Å²) >= 11 is 0. The zero-order chi connectivity index (χ0) is 9.10. The summed E-state index contributed by atoms with van der Waals surface area (Å²) in [7, 11) is 0. The molecule has 1 aliphatic rings. The molecule has 1 aromatic heterocycles. The van der Waals surface area contributed by atoms with Crippen LogP contribution < -0.4 is 10.5 Å². The van der Waals surface area contributed by atoms with E-state index in [1.165, 1.54) is 12.8 Å². The fourth-order valence-electron chi connectivity index (χ4n) is 1.70. The molecule has 13 heavy (non-hydrogen) atoms. The Morgan fingerprint density at radius 1 is 1.38 bits per heavy atom. The molecule has 0 unspecified atom stereocenters. The zero-order valence-electron chi connectivity index (χ0n) is 7.66. The predicted molar refractivity (Wildman–Crippen MR) is 49.5 cm³/mol. The van der Waals surface area contributed by atoms with Gasteiger partial charge in [0.25, 0.3) is 5.95 Å². The third kappa shape index (κ3) is 2.04. The van der Waals surface area contributed by atoms with Gasteiger partial charge in [0.05, 0.1) is 6.54 Å². The van der Waals surface area contributed by atoms with Crippen molar-refractivity contribution < 1.29 is 9.15 Å². The molecule has 2 N–H and O–H groups in total. The second kappa shape index (κ2) is 3.83. The van der Waals surface area contributed by atoms with Crippen LogP contribution in [0.2, 0.25) is 0 Å². The Bertz CT molecular complexity index is 264. The van der Waals surface area contributed by atoms with Gasteiger partial charge in [0.2, 0.25) is 0 Å². The van der Waals surface area contributed by atoms with E-state index < -0.39 is 0 Å². The van der Waals surface area contributed by atoms with Gasteiger partial charge in [-0.1, -0.05) is 0 Å². The standard InChI is InChI=1S/C10H15NO2/c11-7-9-5-6-10(13-9)12-8-3-1-2-4-8/h5-6,8H,1-4,7,11H2. The fourth-order valence-corrected chi connectivity index (χ4v) is 1.70. The van der Waals surface area contributed by atoms with Gasteiger partial charge < -0.3 is 14.9 Å². The second-order valence-electron chi connectivity index (χ2n) is 3.45. The Balaban J connectivity index is 1.92. The fraction of sp³-hybridized carbons (Fsp3) is 0.600. The van der Waals surface area contributed by atoms with E-state index in [0.717, 1.165) is 18.6 Å². The van der Waals surface area contributed by atoms with E-state index >= 15 is 0 Å². The van der Waals surface area contributed by atoms with Gasteiger partial charge in [-0.05, 0) is 31.7 Å². The van der Waals surface area contributed by atoms with Gasteiger partial charge in [-0.15, -0.1) is 0 Å². The van der Waals surface area contributed by atoms with Crippen LogP contribution in [0.3, 0.4) is 0 Å². The SMILES string of the molecule is NCc1ccc(OC2CCCC2)o1. The van der Waals surface area contributed by atoms with Crippen LogP contribution >= 0.6 is 0 Å². The lowest BCUT2D eigenvalue weighted by atomic mass is 10.3. The first-order valence-corrected chi connectivity index (χ1v) is 4.84. The van der Waals surface area contributed by atoms with Crippen LogP contribution in [0, 0.1) is 0 Å². The topological polar surface area (TPSA) is 48.4 Å². The number of rotatable bonds is 3. The smallest absolute Gasteiger partial charge is 0.284 e. The minimum atomic E-state index is 0.358. The molecule has 1 aliphatic carbocycles. The first-order valence-electron chi connectivity index (χ1n) is 4.84. The molecule has 2 rings (SSSR count). The summed E-state index contributed by atoms with van der Waals surface area (Å²) in [4.78, 5) is 0. The minimum Gasteiger partial charge on any atom is -0.462 e. The lowest BCUT2D eigenvalue weighted by Crippen LogP contribution is -2.10. The summed E-state index contributed by atoms with van der Waals surface area (Å²) in [6, 6.07) is 3.71. The molecule has 0 radical (unpaired) electrons. The van der Waals surface area contributed by atoms with Crippen LogP contribution in [0.15, 0.2) is 16.5 Å². The molecular formula is C10H15NO2. The summed E-state index contributed by atoms with van der Waals surface area (Å²) in [5.41, 5.74) is 5.42. The van der Waals surface area contributed by atoms with Crippen molar-refractivity contribution in [3.8, 4) is 5.95 Å². The summed E-state index contributed by atoms with van der Waals surface area (Å²) in [6.07, 6.45) is 5.21. The number of furan rings is 1. The lowest BCUT2D eigenvalue weighted by Gasteiger charge is -2.08. The van der Waals surface area contributed by atoms with Crippen molar-refractivity contribution in [3.05, 3.63) is 17.9 Å². The quantitative estimate of drug-likeness (QED) is 0.776. The van der Waals surface area contributed by atoms with Crippen LogP contribution in [0.5, 0.6) is 5.95 Å². The maximum atomic E-state index is 5.64. The molecule has 0 aromatic carbocycles. The monoisotopic (exact) mass is 181 g/mol. The van der Waals surface area contributed by atoms with E-state index in [2.05, 4.69) is 0 Å². The molecule has 1 saturated carbocycles. The van der Waals surface area contributed by atoms with Gasteiger partial charge in [-0.25, -0.2) is 0 Å². The average molecular weight is 181 g/mol. The first kappa shape index (κ1) is 8.63. The molecule has 1 fully saturated rings. The molecule has 3 nitrogen and oxygen atoms in total. The number of nitrogens with two attached hydrogens (primary N) is 1. The van der Waals surface area contributed by atoms with Crippen molar-refractivity contribution >= 4 is 0 Å². The Kier molecular flexibility index (Phi) is 2.54. The van der Waals surface area contributed by atoms with Crippen molar-refractivity contribution in [2.24, 2.45) is 5.73 Å². The molecule has 3 heteroatoms. The zero-order valence-corrected chi connectivity index (χ0v) is 7.66. The average Bonchev–Trinajstić information content (AvgIpc) is 2.76. The molecule has 0 spiro atoms. The largest absolute Gasteiger partial charge is 0.462 e. The maximum Gasteiger partial charge on any atom is 0.284 e. The highest BCUT2D eigenvalue weighted by Gasteiger charge is 2.17. The molecule has 0 bridgehead atoms. The maximum absolute atomic E-state index is 5.64. The van der Waals surface area contributed by atoms with Crippen LogP contribution in [-0.4, -0.2) is 6.10 Å². The predicted octanol–water partition coefficient (Wildman–Crippen LogP) is 2.06. The van der Waals surface area contributed by atoms with Gasteiger partial charge in [0.1, 0.15) is 11.9 Å². The summed E-state index contributed by atoms with van der Waals surface area (Å²) in [5, 5.41) is 0. The van der Waals surface area contributed by atoms with Crippen LogP contribution in [-0.2, 0) is 6.54 Å². The molecule has 0 amide bonds. The van der Waals surface area contributed by atoms with Gasteiger partial charge in [0.15, 0.2) is 0 Å². The van der Waals surface area contributed by atoms with Crippen molar-refractivity contribution in [2.45, 2.75) is 38.3 Å². The minimum absolute atomic E-state index is 0.358. The van der Waals surface area contributed by atoms with Gasteiger partial charge >= 0.3 is 0 Å². The first-order chi connectivity index (χ1) is 6.38. The number of ether oxygens (including phenoxy) is 1. The summed E-state index contributed by atoms with van der Waals surface area (Å²) in [6.45, 7) is 0.439. The third-order valence-electron chi connectivity index (χ3n) is 2.42. The molecule has 1 heterocycles. The molecule has 1 aromatic rings. The molecule has 0 aliphatic heterocycles. The van der Waals surface area contributed by atoms with Crippen LogP contribution in [0.25, 0.3) is 0 Å². The van der Waals surface area contributed by atoms with Gasteiger partial charge in [0, 0.05) is 6.07 Å². The third-order valence-corrected chi connectivity index (χ3v) is 2.42. The number of hydrogen-bond donors (Lipinski definition) is 1. The Hall–Kier alpha value is -0.960. The van der Waals surface area contributed by atoms with Crippen molar-refractivity contribution in [1.82, 2.24) is 0 Å². The Morgan fingerprint density at radius 3 is 2.77 bits per heavy atom. The molecule has 72 valence electrons. The van der Waals surface area contributed by atoms with E-state index in [4.69, 9.17) is 14.9 Å². The van der Waals surface area contributed by atoms with E-state index in [9.17, 15) is 0 Å².